The van der Waals surface area contributed by atoms with Crippen LogP contribution >= 0.6 is 34.3 Å². The molecule has 0 radical (unpaired) electrons. The maximum atomic E-state index is 9.12. The number of nitrogens with one attached hydrogen (secondary N) is 1. The monoisotopic (exact) mass is 834 g/mol. The van der Waals surface area contributed by atoms with Crippen LogP contribution in [0.4, 0.5) is 10.3 Å². The third kappa shape index (κ3) is 10.2. The molecule has 2 aliphatic carbocycles. The molecule has 0 amide bonds. The van der Waals surface area contributed by atoms with E-state index in [9.17, 15) is 0 Å². The van der Waals surface area contributed by atoms with Crippen LogP contribution in [0.15, 0.2) is 47.2 Å². The molecule has 11 heteroatoms. The molecule has 2 aliphatic heterocycles. The summed E-state index contributed by atoms with van der Waals surface area (Å²) in [6.45, 7) is 28.3. The molecule has 0 unspecified atom stereocenters. The van der Waals surface area contributed by atoms with Gasteiger partial charge >= 0.3 is 0 Å². The number of anilines is 2. The van der Waals surface area contributed by atoms with Crippen LogP contribution in [0, 0.1) is 0 Å². The van der Waals surface area contributed by atoms with Crippen LogP contribution in [-0.4, -0.2) is 103 Å². The number of piperazine rings is 2. The number of aromatic nitrogens is 2. The molecule has 3 N–H and O–H groups in total. The molecule has 2 aromatic carbocycles. The molecule has 57 heavy (non-hydrogen) atoms. The van der Waals surface area contributed by atoms with E-state index in [2.05, 4.69) is 123 Å². The number of alkyl halides is 1. The summed E-state index contributed by atoms with van der Waals surface area (Å²) in [4.78, 5) is 17.0. The molecule has 2 saturated heterocycles. The van der Waals surface area contributed by atoms with Gasteiger partial charge in [0.15, 0.2) is 10.3 Å². The maximum absolute atomic E-state index is 9.12. The summed E-state index contributed by atoms with van der Waals surface area (Å²) >= 11 is 8.46. The number of halogens is 1. The summed E-state index contributed by atoms with van der Waals surface area (Å²) in [6.07, 6.45) is 4.99. The van der Waals surface area contributed by atoms with Crippen molar-refractivity contribution >= 4 is 44.5 Å². The lowest BCUT2D eigenvalue weighted by Gasteiger charge is -2.42. The third-order valence-electron chi connectivity index (χ3n) is 12.8. The number of thiazole rings is 2. The Hall–Kier alpha value is -2.57. The Morgan fingerprint density at radius 1 is 0.596 bits per heavy atom. The standard InChI is InChI=1S/C23H33N3OS.C21H29N3S.C2H5ClO/c1-22(2)7-8-23(3,4)19-15-17(5-6-18(19)22)20-16-28-21(24-20)26-11-9-25(10-12-26)13-14-27;1-20(2)7-8-21(3,4)17-13-15(5-6-16(17)20)18-14-25-19(23-18)24-11-9-22-10-12-24;3-1-2-4/h5-6,15-16,27H,7-14H2,1-4H3;5-6,13-14,22H,7-12H2,1-4H3;4H,1-2H2. The third-order valence-corrected chi connectivity index (χ3v) is 14.8. The van der Waals surface area contributed by atoms with Gasteiger partial charge in [-0.1, -0.05) is 79.7 Å². The van der Waals surface area contributed by atoms with E-state index >= 15 is 0 Å². The second-order valence-corrected chi connectivity index (χ2v) is 20.8. The first-order valence-corrected chi connectivity index (χ1v) is 23.3. The fourth-order valence-electron chi connectivity index (χ4n) is 8.74. The fourth-order valence-corrected chi connectivity index (χ4v) is 10.5. The summed E-state index contributed by atoms with van der Waals surface area (Å²) in [5.74, 6) is 0.347. The number of rotatable bonds is 7. The first kappa shape index (κ1) is 44.0. The number of hydrogen-bond acceptors (Lipinski definition) is 10. The molecular weight excluding hydrogens is 768 g/mol. The van der Waals surface area contributed by atoms with Crippen molar-refractivity contribution in [1.82, 2.24) is 20.2 Å². The van der Waals surface area contributed by atoms with Crippen molar-refractivity contribution in [1.29, 1.82) is 0 Å². The summed E-state index contributed by atoms with van der Waals surface area (Å²) in [5.41, 5.74) is 11.8. The molecule has 0 spiro atoms. The van der Waals surface area contributed by atoms with Crippen LogP contribution in [0.5, 0.6) is 0 Å². The Labute approximate surface area is 355 Å². The summed E-state index contributed by atoms with van der Waals surface area (Å²) in [7, 11) is 0. The van der Waals surface area contributed by atoms with Gasteiger partial charge in [-0.2, -0.15) is 0 Å². The number of β-amino-alcohol motifs (C(OH)–C–C–N with tert-alkyl or cyclic N) is 1. The molecule has 4 heterocycles. The van der Waals surface area contributed by atoms with Crippen molar-refractivity contribution in [3.63, 3.8) is 0 Å². The van der Waals surface area contributed by atoms with Crippen LogP contribution in [0.1, 0.15) is 103 Å². The SMILES string of the molecule is CC1(C)CCC(C)(C)c2cc(-c3csc(N4CCN(CCO)CC4)n3)ccc21.CC1(C)CCC(C)(C)c2cc(-c3csc(N4CCNCC4)n3)ccc21.OCCCl. The topological polar surface area (TPSA) is 88.0 Å². The van der Waals surface area contributed by atoms with E-state index in [0.717, 1.165) is 80.6 Å². The lowest BCUT2D eigenvalue weighted by molar-refractivity contribution is 0.189. The molecule has 4 aromatic rings. The van der Waals surface area contributed by atoms with Gasteiger partial charge < -0.3 is 25.3 Å². The Balaban J connectivity index is 0.000000177. The van der Waals surface area contributed by atoms with E-state index in [1.807, 2.05) is 0 Å². The minimum absolute atomic E-state index is 0.0849. The average Bonchev–Trinajstić information content (AvgIpc) is 3.91. The van der Waals surface area contributed by atoms with Gasteiger partial charge in [0.1, 0.15) is 0 Å². The van der Waals surface area contributed by atoms with Crippen molar-refractivity contribution in [2.24, 2.45) is 0 Å². The molecule has 2 aromatic heterocycles. The average molecular weight is 836 g/mol. The lowest BCUT2D eigenvalue weighted by Crippen LogP contribution is -2.47. The normalized spacial score (nSPS) is 20.7. The molecular formula is C46H67ClN6O2S2. The molecule has 8 nitrogen and oxygen atoms in total. The molecule has 2 fully saturated rings. The highest BCUT2D eigenvalue weighted by atomic mass is 35.5. The van der Waals surface area contributed by atoms with Gasteiger partial charge in [0.25, 0.3) is 0 Å². The molecule has 8 rings (SSSR count). The first-order chi connectivity index (χ1) is 27.1. The van der Waals surface area contributed by atoms with E-state index in [-0.39, 0.29) is 34.9 Å². The van der Waals surface area contributed by atoms with Crippen molar-refractivity contribution in [2.45, 2.75) is 103 Å². The predicted molar refractivity (Wildman–Crippen MR) is 244 cm³/mol. The minimum atomic E-state index is 0.0849. The van der Waals surface area contributed by atoms with Crippen LogP contribution in [0.25, 0.3) is 22.5 Å². The smallest absolute Gasteiger partial charge is 0.185 e. The van der Waals surface area contributed by atoms with Gasteiger partial charge in [-0.05, 0) is 81.7 Å². The van der Waals surface area contributed by atoms with Gasteiger partial charge in [0.05, 0.1) is 24.6 Å². The summed E-state index contributed by atoms with van der Waals surface area (Å²) in [5, 5.41) is 27.0. The second-order valence-electron chi connectivity index (χ2n) is 18.8. The zero-order valence-electron chi connectivity index (χ0n) is 35.8. The minimum Gasteiger partial charge on any atom is -0.395 e. The fraction of sp³-hybridized carbons (Fsp3) is 0.609. The lowest BCUT2D eigenvalue weighted by atomic mass is 9.63. The van der Waals surface area contributed by atoms with E-state index in [1.165, 1.54) is 59.1 Å². The summed E-state index contributed by atoms with van der Waals surface area (Å²) in [6, 6.07) is 14.0. The van der Waals surface area contributed by atoms with Crippen LogP contribution in [-0.2, 0) is 21.7 Å². The van der Waals surface area contributed by atoms with Gasteiger partial charge in [0.2, 0.25) is 0 Å². The van der Waals surface area contributed by atoms with E-state index in [1.54, 1.807) is 22.7 Å². The number of fused-ring (bicyclic) bond motifs is 2. The van der Waals surface area contributed by atoms with E-state index in [0.29, 0.717) is 5.88 Å². The van der Waals surface area contributed by atoms with Crippen molar-refractivity contribution in [3.8, 4) is 22.5 Å². The number of nitrogens with zero attached hydrogens (tertiary/aromatic N) is 5. The Bertz CT molecular complexity index is 1920. The number of hydrogen-bond donors (Lipinski definition) is 3. The Morgan fingerprint density at radius 2 is 1.00 bits per heavy atom. The highest BCUT2D eigenvalue weighted by molar-refractivity contribution is 7.14. The number of aliphatic hydroxyl groups is 2. The zero-order chi connectivity index (χ0) is 41.0. The number of aliphatic hydroxyl groups excluding tert-OH is 2. The quantitative estimate of drug-likeness (QED) is 0.159. The van der Waals surface area contributed by atoms with Crippen molar-refractivity contribution in [3.05, 3.63) is 69.4 Å². The predicted octanol–water partition coefficient (Wildman–Crippen LogP) is 9.06. The largest absolute Gasteiger partial charge is 0.395 e. The molecule has 4 aliphatic rings. The van der Waals surface area contributed by atoms with Crippen LogP contribution in [0.2, 0.25) is 0 Å². The maximum Gasteiger partial charge on any atom is 0.185 e. The Morgan fingerprint density at radius 3 is 1.40 bits per heavy atom. The molecule has 0 bridgehead atoms. The van der Waals surface area contributed by atoms with E-state index in [4.69, 9.17) is 31.8 Å². The van der Waals surface area contributed by atoms with Crippen LogP contribution in [0.3, 0.4) is 0 Å². The van der Waals surface area contributed by atoms with E-state index < -0.39 is 0 Å². The van der Waals surface area contributed by atoms with Gasteiger partial charge in [-0.15, -0.1) is 34.3 Å². The van der Waals surface area contributed by atoms with Crippen molar-refractivity contribution in [2.75, 3.05) is 87.8 Å². The highest BCUT2D eigenvalue weighted by Gasteiger charge is 2.38. The second kappa shape index (κ2) is 18.4. The molecule has 312 valence electrons. The van der Waals surface area contributed by atoms with Crippen molar-refractivity contribution < 1.29 is 10.2 Å². The molecule has 0 saturated carbocycles. The van der Waals surface area contributed by atoms with Gasteiger partial charge in [-0.3, -0.25) is 4.90 Å². The van der Waals surface area contributed by atoms with Gasteiger partial charge in [0, 0.05) is 86.7 Å². The highest BCUT2D eigenvalue weighted by Crippen LogP contribution is 2.48. The summed E-state index contributed by atoms with van der Waals surface area (Å²) < 4.78 is 0. The Kier molecular flexibility index (Phi) is 14.2. The molecule has 0 atom stereocenters. The van der Waals surface area contributed by atoms with Gasteiger partial charge in [-0.25, -0.2) is 9.97 Å². The zero-order valence-corrected chi connectivity index (χ0v) is 38.1. The number of benzene rings is 2. The first-order valence-electron chi connectivity index (χ1n) is 21.0. The van der Waals surface area contributed by atoms with Crippen LogP contribution < -0.4 is 15.1 Å².